The van der Waals surface area contributed by atoms with Gasteiger partial charge < -0.3 is 0 Å². The number of fused-ring (bicyclic) bond motifs is 3. The van der Waals surface area contributed by atoms with Crippen LogP contribution in [0.25, 0.3) is 5.65 Å². The molecule has 0 N–H and O–H groups in total. The highest BCUT2D eigenvalue weighted by Crippen LogP contribution is 2.35. The van der Waals surface area contributed by atoms with Gasteiger partial charge >= 0.3 is 0 Å². The van der Waals surface area contributed by atoms with Gasteiger partial charge in [-0.2, -0.15) is 0 Å². The minimum atomic E-state index is 0.401. The second-order valence-electron chi connectivity index (χ2n) is 5.81. The Morgan fingerprint density at radius 2 is 2.12 bits per heavy atom. The zero-order valence-corrected chi connectivity index (χ0v) is 12.1. The van der Waals surface area contributed by atoms with Crippen LogP contribution in [0.4, 0.5) is 0 Å². The zero-order valence-electron chi connectivity index (χ0n) is 10.5. The second kappa shape index (κ2) is 3.58. The molecular formula is C14H17BrN2. The average molecular weight is 293 g/mol. The molecule has 1 aliphatic carbocycles. The Bertz CT molecular complexity index is 596. The summed E-state index contributed by atoms with van der Waals surface area (Å²) in [5.74, 6) is 0. The molecule has 0 aromatic carbocycles. The first-order chi connectivity index (χ1) is 7.98. The molecule has 0 radical (unpaired) electrons. The van der Waals surface area contributed by atoms with E-state index in [1.165, 1.54) is 23.5 Å². The molecule has 0 saturated heterocycles. The van der Waals surface area contributed by atoms with E-state index in [2.05, 4.69) is 53.2 Å². The highest BCUT2D eigenvalue weighted by Gasteiger charge is 2.29. The first kappa shape index (κ1) is 11.3. The fourth-order valence-corrected chi connectivity index (χ4v) is 3.07. The van der Waals surface area contributed by atoms with E-state index in [9.17, 15) is 0 Å². The number of nitrogens with zero attached hydrogens (tertiary/aromatic N) is 2. The quantitative estimate of drug-likeness (QED) is 0.719. The topological polar surface area (TPSA) is 17.3 Å². The van der Waals surface area contributed by atoms with Crippen LogP contribution in [0.15, 0.2) is 16.6 Å². The molecule has 2 heterocycles. The van der Waals surface area contributed by atoms with Gasteiger partial charge in [0.1, 0.15) is 5.65 Å². The largest absolute Gasteiger partial charge is 0.300 e. The molecular weight excluding hydrogens is 276 g/mol. The fourth-order valence-electron chi connectivity index (χ4n) is 2.76. The smallest absolute Gasteiger partial charge is 0.137 e. The molecule has 2 aromatic rings. The Hall–Kier alpha value is -0.830. The normalized spacial score (nSPS) is 18.4. The Morgan fingerprint density at radius 1 is 1.35 bits per heavy atom. The molecule has 0 saturated carbocycles. The van der Waals surface area contributed by atoms with E-state index in [-0.39, 0.29) is 0 Å². The second-order valence-corrected chi connectivity index (χ2v) is 6.66. The van der Waals surface area contributed by atoms with E-state index in [1.54, 1.807) is 0 Å². The molecule has 90 valence electrons. The highest BCUT2D eigenvalue weighted by molar-refractivity contribution is 9.10. The van der Waals surface area contributed by atoms with Crippen LogP contribution in [-0.4, -0.2) is 9.38 Å². The first-order valence-corrected chi connectivity index (χ1v) is 6.92. The lowest BCUT2D eigenvalue weighted by molar-refractivity contribution is 0.308. The lowest BCUT2D eigenvalue weighted by Gasteiger charge is -2.29. The van der Waals surface area contributed by atoms with Crippen molar-refractivity contribution in [2.45, 2.75) is 40.0 Å². The third kappa shape index (κ3) is 1.71. The van der Waals surface area contributed by atoms with E-state index in [1.807, 2.05) is 0 Å². The Balaban J connectivity index is 2.30. The van der Waals surface area contributed by atoms with Crippen LogP contribution in [-0.2, 0) is 12.8 Å². The van der Waals surface area contributed by atoms with Crippen LogP contribution in [0.2, 0.25) is 0 Å². The summed E-state index contributed by atoms with van der Waals surface area (Å²) >= 11 is 3.61. The van der Waals surface area contributed by atoms with Gasteiger partial charge in [-0.15, -0.1) is 0 Å². The van der Waals surface area contributed by atoms with E-state index in [0.29, 0.717) is 5.41 Å². The molecule has 2 nitrogen and oxygen atoms in total. The van der Waals surface area contributed by atoms with E-state index >= 15 is 0 Å². The first-order valence-electron chi connectivity index (χ1n) is 6.13. The number of halogens is 1. The number of aromatic nitrogens is 2. The standard InChI is InChI=1S/C14H17BrN2/c1-9-10(15)4-5-13-16-11-6-7-14(2,3)8-12(11)17(9)13/h4-5H,6-8H2,1-3H3. The van der Waals surface area contributed by atoms with Gasteiger partial charge in [0.05, 0.1) is 5.69 Å². The van der Waals surface area contributed by atoms with Crippen LogP contribution in [0.3, 0.4) is 0 Å². The summed E-state index contributed by atoms with van der Waals surface area (Å²) in [5.41, 5.74) is 5.46. The van der Waals surface area contributed by atoms with Crippen LogP contribution < -0.4 is 0 Å². The van der Waals surface area contributed by atoms with E-state index in [4.69, 9.17) is 4.98 Å². The van der Waals surface area contributed by atoms with Gasteiger partial charge in [-0.3, -0.25) is 4.40 Å². The van der Waals surface area contributed by atoms with Gasteiger partial charge in [0.2, 0.25) is 0 Å². The van der Waals surface area contributed by atoms with Crippen LogP contribution in [0.1, 0.15) is 37.4 Å². The predicted octanol–water partition coefficient (Wildman–Crippen LogP) is 3.92. The van der Waals surface area contributed by atoms with Crippen molar-refractivity contribution in [3.05, 3.63) is 33.7 Å². The molecule has 3 heteroatoms. The van der Waals surface area contributed by atoms with Crippen molar-refractivity contribution in [2.24, 2.45) is 5.41 Å². The Kier molecular flexibility index (Phi) is 2.37. The summed E-state index contributed by atoms with van der Waals surface area (Å²) in [6, 6.07) is 4.19. The van der Waals surface area contributed by atoms with Crippen molar-refractivity contribution in [2.75, 3.05) is 0 Å². The van der Waals surface area contributed by atoms with Crippen LogP contribution >= 0.6 is 15.9 Å². The van der Waals surface area contributed by atoms with Crippen LogP contribution in [0.5, 0.6) is 0 Å². The number of imidazole rings is 1. The van der Waals surface area contributed by atoms with Gasteiger partial charge in [0, 0.05) is 15.9 Å². The number of aryl methyl sites for hydroxylation is 2. The molecule has 0 fully saturated rings. The van der Waals surface area contributed by atoms with Gasteiger partial charge in [-0.25, -0.2) is 4.98 Å². The van der Waals surface area contributed by atoms with Crippen molar-refractivity contribution in [1.29, 1.82) is 0 Å². The maximum absolute atomic E-state index is 4.76. The van der Waals surface area contributed by atoms with Crippen molar-refractivity contribution in [3.63, 3.8) is 0 Å². The number of hydrogen-bond donors (Lipinski definition) is 0. The van der Waals surface area contributed by atoms with Gasteiger partial charge in [-0.05, 0) is 59.7 Å². The summed E-state index contributed by atoms with van der Waals surface area (Å²) in [4.78, 5) is 4.76. The third-order valence-electron chi connectivity index (χ3n) is 3.83. The number of rotatable bonds is 0. The monoisotopic (exact) mass is 292 g/mol. The van der Waals surface area contributed by atoms with Gasteiger partial charge in [0.25, 0.3) is 0 Å². The molecule has 0 bridgehead atoms. The molecule has 1 aliphatic rings. The Labute approximate surface area is 110 Å². The molecule has 3 rings (SSSR count). The lowest BCUT2D eigenvalue weighted by atomic mass is 9.78. The van der Waals surface area contributed by atoms with Crippen molar-refractivity contribution < 1.29 is 0 Å². The minimum absolute atomic E-state index is 0.401. The van der Waals surface area contributed by atoms with Crippen LogP contribution in [0, 0.1) is 12.3 Å². The van der Waals surface area contributed by atoms with E-state index < -0.39 is 0 Å². The maximum Gasteiger partial charge on any atom is 0.137 e. The highest BCUT2D eigenvalue weighted by atomic mass is 79.9. The SMILES string of the molecule is Cc1c(Br)ccc2nc3c(n12)CC(C)(C)CC3. The van der Waals surface area contributed by atoms with Crippen molar-refractivity contribution >= 4 is 21.6 Å². The summed E-state index contributed by atoms with van der Waals surface area (Å²) in [5, 5.41) is 0. The van der Waals surface area contributed by atoms with E-state index in [0.717, 1.165) is 23.0 Å². The van der Waals surface area contributed by atoms with Crippen molar-refractivity contribution in [3.8, 4) is 0 Å². The molecule has 0 unspecified atom stereocenters. The molecule has 0 atom stereocenters. The zero-order chi connectivity index (χ0) is 12.2. The summed E-state index contributed by atoms with van der Waals surface area (Å²) in [6.07, 6.45) is 3.48. The lowest BCUT2D eigenvalue weighted by Crippen LogP contribution is -2.23. The number of hydrogen-bond acceptors (Lipinski definition) is 1. The van der Waals surface area contributed by atoms with Crippen molar-refractivity contribution in [1.82, 2.24) is 9.38 Å². The minimum Gasteiger partial charge on any atom is -0.300 e. The number of pyridine rings is 1. The average Bonchev–Trinajstić information content (AvgIpc) is 2.60. The third-order valence-corrected chi connectivity index (χ3v) is 4.66. The summed E-state index contributed by atoms with van der Waals surface area (Å²) in [6.45, 7) is 6.85. The molecule has 2 aromatic heterocycles. The van der Waals surface area contributed by atoms with Gasteiger partial charge in [0.15, 0.2) is 0 Å². The maximum atomic E-state index is 4.76. The summed E-state index contributed by atoms with van der Waals surface area (Å²) in [7, 11) is 0. The summed E-state index contributed by atoms with van der Waals surface area (Å²) < 4.78 is 3.48. The molecule has 0 spiro atoms. The molecule has 17 heavy (non-hydrogen) atoms. The fraction of sp³-hybridized carbons (Fsp3) is 0.500. The molecule has 0 amide bonds. The molecule has 0 aliphatic heterocycles. The van der Waals surface area contributed by atoms with Gasteiger partial charge in [-0.1, -0.05) is 13.8 Å². The Morgan fingerprint density at radius 3 is 2.88 bits per heavy atom. The predicted molar refractivity (Wildman–Crippen MR) is 73.4 cm³/mol.